The topological polar surface area (TPSA) is 92.9 Å². The second kappa shape index (κ2) is 12.2. The minimum absolute atomic E-state index is 0.182. The number of para-hydroxylation sites is 1. The fourth-order valence-electron chi connectivity index (χ4n) is 3.53. The Morgan fingerprint density at radius 3 is 2.40 bits per heavy atom. The fourth-order valence-corrected chi connectivity index (χ4v) is 3.66. The Balaban J connectivity index is 1.56. The molecule has 0 saturated carbocycles. The van der Waals surface area contributed by atoms with E-state index >= 15 is 0 Å². The summed E-state index contributed by atoms with van der Waals surface area (Å²) >= 11 is 5.92. The van der Waals surface area contributed by atoms with Crippen molar-refractivity contribution < 1.29 is 18.7 Å². The minimum atomic E-state index is -0.748. The SMILES string of the molecule is Cc1cccc(C)c1OCC(=O)N[C@H](CC(C)C)C(=O)N/N=C\c1ccc(-c2ccc(Cl)cc2)o1. The first kappa shape index (κ1) is 26.0. The van der Waals surface area contributed by atoms with Crippen LogP contribution in [0.1, 0.15) is 37.2 Å². The average molecular weight is 496 g/mol. The zero-order valence-corrected chi connectivity index (χ0v) is 21.1. The highest BCUT2D eigenvalue weighted by Gasteiger charge is 2.22. The molecule has 2 N–H and O–H groups in total. The van der Waals surface area contributed by atoms with E-state index in [4.69, 9.17) is 20.8 Å². The number of carbonyl (C=O) groups excluding carboxylic acids is 2. The Morgan fingerprint density at radius 1 is 1.06 bits per heavy atom. The summed E-state index contributed by atoms with van der Waals surface area (Å²) < 4.78 is 11.5. The van der Waals surface area contributed by atoms with E-state index in [0.29, 0.717) is 28.7 Å². The minimum Gasteiger partial charge on any atom is -0.483 e. The summed E-state index contributed by atoms with van der Waals surface area (Å²) in [4.78, 5) is 25.2. The van der Waals surface area contributed by atoms with Crippen LogP contribution in [0.5, 0.6) is 5.75 Å². The summed E-state index contributed by atoms with van der Waals surface area (Å²) in [5, 5.41) is 7.39. The van der Waals surface area contributed by atoms with Crippen molar-refractivity contribution in [3.8, 4) is 17.1 Å². The van der Waals surface area contributed by atoms with Crippen molar-refractivity contribution in [3.05, 3.63) is 76.5 Å². The molecule has 35 heavy (non-hydrogen) atoms. The van der Waals surface area contributed by atoms with Crippen LogP contribution in [-0.4, -0.2) is 30.7 Å². The lowest BCUT2D eigenvalue weighted by molar-refractivity contribution is -0.130. The van der Waals surface area contributed by atoms with Gasteiger partial charge in [0.1, 0.15) is 23.3 Å². The second-order valence-corrected chi connectivity index (χ2v) is 9.14. The number of benzene rings is 2. The Hall–Kier alpha value is -3.58. The molecule has 2 aromatic carbocycles. The number of aryl methyl sites for hydroxylation is 2. The van der Waals surface area contributed by atoms with Crippen LogP contribution in [0.15, 0.2) is 64.1 Å². The average Bonchev–Trinajstić information content (AvgIpc) is 3.27. The van der Waals surface area contributed by atoms with Crippen molar-refractivity contribution in [2.75, 3.05) is 6.61 Å². The van der Waals surface area contributed by atoms with E-state index in [2.05, 4.69) is 15.8 Å². The maximum Gasteiger partial charge on any atom is 0.262 e. The first-order chi connectivity index (χ1) is 16.7. The van der Waals surface area contributed by atoms with Gasteiger partial charge in [-0.15, -0.1) is 0 Å². The van der Waals surface area contributed by atoms with Gasteiger partial charge in [-0.3, -0.25) is 9.59 Å². The number of ether oxygens (including phenoxy) is 1. The third kappa shape index (κ3) is 7.72. The molecule has 184 valence electrons. The highest BCUT2D eigenvalue weighted by molar-refractivity contribution is 6.30. The summed E-state index contributed by atoms with van der Waals surface area (Å²) in [5.41, 5.74) is 5.25. The number of nitrogens with one attached hydrogen (secondary N) is 2. The van der Waals surface area contributed by atoms with Crippen LogP contribution in [0.25, 0.3) is 11.3 Å². The molecule has 7 nitrogen and oxygen atoms in total. The van der Waals surface area contributed by atoms with Crippen LogP contribution in [0.3, 0.4) is 0 Å². The van der Waals surface area contributed by atoms with Crippen molar-refractivity contribution in [1.82, 2.24) is 10.7 Å². The molecule has 8 heteroatoms. The van der Waals surface area contributed by atoms with Gasteiger partial charge in [-0.1, -0.05) is 43.6 Å². The highest BCUT2D eigenvalue weighted by Crippen LogP contribution is 2.23. The summed E-state index contributed by atoms with van der Waals surface area (Å²) in [6, 6.07) is 15.9. The first-order valence-corrected chi connectivity index (χ1v) is 11.8. The number of carbonyl (C=O) groups is 2. The number of hydrogen-bond acceptors (Lipinski definition) is 5. The summed E-state index contributed by atoms with van der Waals surface area (Å²) in [5.74, 6) is 1.19. The van der Waals surface area contributed by atoms with Crippen LogP contribution in [0, 0.1) is 19.8 Å². The molecule has 0 saturated heterocycles. The van der Waals surface area contributed by atoms with E-state index in [1.807, 2.05) is 64.1 Å². The van der Waals surface area contributed by atoms with Gasteiger partial charge in [0.05, 0.1) is 6.21 Å². The van der Waals surface area contributed by atoms with Gasteiger partial charge in [0, 0.05) is 10.6 Å². The maximum atomic E-state index is 12.7. The Bertz CT molecular complexity index is 1170. The summed E-state index contributed by atoms with van der Waals surface area (Å²) in [7, 11) is 0. The maximum absolute atomic E-state index is 12.7. The van der Waals surface area contributed by atoms with Gasteiger partial charge in [0.15, 0.2) is 6.61 Å². The van der Waals surface area contributed by atoms with Crippen molar-refractivity contribution >= 4 is 29.6 Å². The van der Waals surface area contributed by atoms with E-state index in [1.165, 1.54) is 6.21 Å². The standard InChI is InChI=1S/C27H30ClN3O4/c1-17(2)14-23(30-25(32)16-34-26-18(3)6-5-7-19(26)4)27(33)31-29-15-22-12-13-24(35-22)20-8-10-21(28)11-9-20/h5-13,15,17,23H,14,16H2,1-4H3,(H,30,32)(H,31,33)/b29-15-/t23-/m1/s1. The van der Waals surface area contributed by atoms with Crippen molar-refractivity contribution in [2.45, 2.75) is 40.2 Å². The lowest BCUT2D eigenvalue weighted by atomic mass is 10.0. The zero-order valence-electron chi connectivity index (χ0n) is 20.3. The number of furan rings is 1. The number of nitrogens with zero attached hydrogens (tertiary/aromatic N) is 1. The number of halogens is 1. The summed E-state index contributed by atoms with van der Waals surface area (Å²) in [6.45, 7) is 7.61. The molecule has 1 heterocycles. The third-order valence-corrected chi connectivity index (χ3v) is 5.49. The third-order valence-electron chi connectivity index (χ3n) is 5.24. The van der Waals surface area contributed by atoms with E-state index in [0.717, 1.165) is 16.7 Å². The zero-order chi connectivity index (χ0) is 25.4. The molecular formula is C27H30ClN3O4. The lowest BCUT2D eigenvalue weighted by Crippen LogP contribution is -2.47. The van der Waals surface area contributed by atoms with Crippen LogP contribution >= 0.6 is 11.6 Å². The van der Waals surface area contributed by atoms with Gasteiger partial charge in [-0.25, -0.2) is 5.43 Å². The van der Waals surface area contributed by atoms with Gasteiger partial charge >= 0.3 is 0 Å². The molecule has 1 atom stereocenters. The van der Waals surface area contributed by atoms with Gasteiger partial charge in [0.25, 0.3) is 11.8 Å². The van der Waals surface area contributed by atoms with Crippen LogP contribution < -0.4 is 15.5 Å². The Morgan fingerprint density at radius 2 is 1.74 bits per heavy atom. The molecule has 0 aliphatic carbocycles. The molecule has 2 amide bonds. The predicted octanol–water partition coefficient (Wildman–Crippen LogP) is 5.28. The van der Waals surface area contributed by atoms with Crippen molar-refractivity contribution in [3.63, 3.8) is 0 Å². The van der Waals surface area contributed by atoms with Crippen molar-refractivity contribution in [1.29, 1.82) is 0 Å². The van der Waals surface area contributed by atoms with Crippen LogP contribution in [0.2, 0.25) is 5.02 Å². The van der Waals surface area contributed by atoms with Gasteiger partial charge in [0.2, 0.25) is 0 Å². The molecule has 1 aromatic heterocycles. The normalized spacial score (nSPS) is 12.1. The molecule has 0 aliphatic rings. The molecule has 0 unspecified atom stereocenters. The van der Waals surface area contributed by atoms with Gasteiger partial charge in [-0.2, -0.15) is 5.10 Å². The Kier molecular flexibility index (Phi) is 9.09. The van der Waals surface area contributed by atoms with E-state index in [9.17, 15) is 9.59 Å². The fraction of sp³-hybridized carbons (Fsp3) is 0.296. The number of amides is 2. The van der Waals surface area contributed by atoms with E-state index in [-0.39, 0.29) is 18.4 Å². The molecule has 0 aliphatic heterocycles. The molecule has 0 fully saturated rings. The predicted molar refractivity (Wildman–Crippen MR) is 138 cm³/mol. The largest absolute Gasteiger partial charge is 0.483 e. The molecule has 0 radical (unpaired) electrons. The molecule has 3 rings (SSSR count). The van der Waals surface area contributed by atoms with Gasteiger partial charge in [-0.05, 0) is 73.7 Å². The summed E-state index contributed by atoms with van der Waals surface area (Å²) in [6.07, 6.45) is 1.87. The molecule has 0 bridgehead atoms. The second-order valence-electron chi connectivity index (χ2n) is 8.70. The molecular weight excluding hydrogens is 466 g/mol. The monoisotopic (exact) mass is 495 g/mol. The van der Waals surface area contributed by atoms with Crippen LogP contribution in [0.4, 0.5) is 0 Å². The molecule has 0 spiro atoms. The number of hydrogen-bond donors (Lipinski definition) is 2. The van der Waals surface area contributed by atoms with Crippen LogP contribution in [-0.2, 0) is 9.59 Å². The Labute approximate surface area is 210 Å². The smallest absolute Gasteiger partial charge is 0.262 e. The quantitative estimate of drug-likeness (QED) is 0.296. The lowest BCUT2D eigenvalue weighted by Gasteiger charge is -2.19. The number of hydrazone groups is 1. The van der Waals surface area contributed by atoms with E-state index < -0.39 is 11.9 Å². The van der Waals surface area contributed by atoms with Crippen molar-refractivity contribution in [2.24, 2.45) is 11.0 Å². The highest BCUT2D eigenvalue weighted by atomic mass is 35.5. The number of rotatable bonds is 10. The van der Waals surface area contributed by atoms with Gasteiger partial charge < -0.3 is 14.5 Å². The first-order valence-electron chi connectivity index (χ1n) is 11.4. The molecule has 3 aromatic rings. The van der Waals surface area contributed by atoms with E-state index in [1.54, 1.807) is 18.2 Å².